The van der Waals surface area contributed by atoms with Crippen LogP contribution in [0.1, 0.15) is 18.9 Å². The van der Waals surface area contributed by atoms with Crippen molar-refractivity contribution in [3.05, 3.63) is 35.9 Å². The van der Waals surface area contributed by atoms with Crippen molar-refractivity contribution in [2.24, 2.45) is 0 Å². The van der Waals surface area contributed by atoms with Crippen molar-refractivity contribution in [3.63, 3.8) is 0 Å². The van der Waals surface area contributed by atoms with E-state index >= 15 is 0 Å². The first-order valence-electron chi connectivity index (χ1n) is 5.61. The van der Waals surface area contributed by atoms with E-state index in [1.807, 2.05) is 18.2 Å². The molecule has 1 unspecified atom stereocenters. The molecule has 0 aromatic heterocycles. The van der Waals surface area contributed by atoms with Gasteiger partial charge >= 0.3 is 0 Å². The van der Waals surface area contributed by atoms with Gasteiger partial charge in [-0.1, -0.05) is 30.3 Å². The Bertz CT molecular complexity index is 315. The van der Waals surface area contributed by atoms with Crippen LogP contribution in [-0.2, 0) is 11.3 Å². The van der Waals surface area contributed by atoms with E-state index in [2.05, 4.69) is 30.3 Å². The lowest BCUT2D eigenvalue weighted by Crippen LogP contribution is -2.31. The van der Waals surface area contributed by atoms with Crippen LogP contribution in [0.15, 0.2) is 30.3 Å². The third-order valence-corrected chi connectivity index (χ3v) is 2.24. The molecule has 0 saturated carbocycles. The van der Waals surface area contributed by atoms with Crippen LogP contribution in [0.4, 0.5) is 0 Å². The number of hydrogen-bond acceptors (Lipinski definition) is 2. The second-order valence-corrected chi connectivity index (χ2v) is 3.81. The highest BCUT2D eigenvalue weighted by Gasteiger charge is 2.00. The Balaban J connectivity index is 2.09. The molecule has 0 aliphatic carbocycles. The first-order chi connectivity index (χ1) is 7.83. The van der Waals surface area contributed by atoms with Crippen LogP contribution in [0.2, 0.25) is 0 Å². The third kappa shape index (κ3) is 5.55. The van der Waals surface area contributed by atoms with Crippen molar-refractivity contribution >= 4 is 0 Å². The fourth-order valence-electron chi connectivity index (χ4n) is 1.38. The maximum absolute atomic E-state index is 5.60. The number of hydrogen-bond donors (Lipinski definition) is 1. The summed E-state index contributed by atoms with van der Waals surface area (Å²) >= 11 is 0. The van der Waals surface area contributed by atoms with E-state index in [0.29, 0.717) is 19.3 Å². The van der Waals surface area contributed by atoms with Gasteiger partial charge in [-0.25, -0.2) is 0 Å². The van der Waals surface area contributed by atoms with E-state index in [4.69, 9.17) is 11.2 Å². The summed E-state index contributed by atoms with van der Waals surface area (Å²) in [6.45, 7) is 4.33. The fourth-order valence-corrected chi connectivity index (χ4v) is 1.38. The van der Waals surface area contributed by atoms with Crippen LogP contribution in [0.5, 0.6) is 0 Å². The zero-order valence-corrected chi connectivity index (χ0v) is 9.78. The Labute approximate surface area is 98.0 Å². The zero-order valence-electron chi connectivity index (χ0n) is 9.78. The lowest BCUT2D eigenvalue weighted by atomic mass is 10.2. The van der Waals surface area contributed by atoms with Crippen molar-refractivity contribution in [1.82, 2.24) is 5.32 Å². The molecule has 0 spiro atoms. The van der Waals surface area contributed by atoms with E-state index < -0.39 is 0 Å². The monoisotopic (exact) mass is 217 g/mol. The number of terminal acetylenes is 1. The van der Waals surface area contributed by atoms with E-state index in [1.165, 1.54) is 5.56 Å². The summed E-state index contributed by atoms with van der Waals surface area (Å²) in [7, 11) is 0. The van der Waals surface area contributed by atoms with Crippen LogP contribution >= 0.6 is 0 Å². The largest absolute Gasteiger partial charge is 0.375 e. The normalized spacial score (nSPS) is 12.0. The first kappa shape index (κ1) is 12.8. The zero-order chi connectivity index (χ0) is 11.6. The highest BCUT2D eigenvalue weighted by molar-refractivity contribution is 5.13. The van der Waals surface area contributed by atoms with Gasteiger partial charge in [0.15, 0.2) is 0 Å². The summed E-state index contributed by atoms with van der Waals surface area (Å²) in [5, 5.41) is 3.30. The molecule has 0 amide bonds. The van der Waals surface area contributed by atoms with Crippen LogP contribution in [0.25, 0.3) is 0 Å². The Morgan fingerprint density at radius 3 is 2.81 bits per heavy atom. The van der Waals surface area contributed by atoms with Gasteiger partial charge in [0.25, 0.3) is 0 Å². The second kappa shape index (κ2) is 7.92. The van der Waals surface area contributed by atoms with Crippen LogP contribution < -0.4 is 5.32 Å². The topological polar surface area (TPSA) is 21.3 Å². The molecule has 2 nitrogen and oxygen atoms in total. The van der Waals surface area contributed by atoms with Gasteiger partial charge in [-0.3, -0.25) is 0 Å². The smallest absolute Gasteiger partial charge is 0.0717 e. The average Bonchev–Trinajstić information content (AvgIpc) is 2.31. The number of ether oxygens (including phenoxy) is 1. The molecule has 2 heteroatoms. The lowest BCUT2D eigenvalue weighted by molar-refractivity contribution is 0.103. The Morgan fingerprint density at radius 2 is 2.12 bits per heavy atom. The van der Waals surface area contributed by atoms with Gasteiger partial charge in [0.2, 0.25) is 0 Å². The minimum absolute atomic E-state index is 0.345. The summed E-state index contributed by atoms with van der Waals surface area (Å²) in [4.78, 5) is 0. The molecule has 1 N–H and O–H groups in total. The third-order valence-electron chi connectivity index (χ3n) is 2.24. The summed E-state index contributed by atoms with van der Waals surface area (Å²) in [5.41, 5.74) is 1.21. The summed E-state index contributed by atoms with van der Waals surface area (Å²) < 4.78 is 5.60. The number of rotatable bonds is 7. The van der Waals surface area contributed by atoms with Crippen molar-refractivity contribution in [2.45, 2.75) is 26.0 Å². The van der Waals surface area contributed by atoms with Gasteiger partial charge in [-0.05, 0) is 12.5 Å². The van der Waals surface area contributed by atoms with Crippen LogP contribution in [-0.4, -0.2) is 19.2 Å². The fraction of sp³-hybridized carbons (Fsp3) is 0.429. The van der Waals surface area contributed by atoms with Gasteiger partial charge in [-0.15, -0.1) is 12.3 Å². The molecule has 86 valence electrons. The van der Waals surface area contributed by atoms with Gasteiger partial charge in [-0.2, -0.15) is 0 Å². The van der Waals surface area contributed by atoms with Gasteiger partial charge < -0.3 is 10.1 Å². The Kier molecular flexibility index (Phi) is 6.32. The maximum atomic E-state index is 5.60. The van der Waals surface area contributed by atoms with E-state index in [1.54, 1.807) is 0 Å². The van der Waals surface area contributed by atoms with Crippen molar-refractivity contribution in [1.29, 1.82) is 0 Å². The standard InChI is InChI=1S/C14H19NO/c1-3-4-10-15-13(2)11-16-12-14-8-6-5-7-9-14/h1,5-9,13,15H,4,10-12H2,2H3. The predicted molar refractivity (Wildman–Crippen MR) is 67.0 cm³/mol. The SMILES string of the molecule is C#CCCNC(C)COCc1ccccc1. The van der Waals surface area contributed by atoms with Crippen molar-refractivity contribution < 1.29 is 4.74 Å². The summed E-state index contributed by atoms with van der Waals surface area (Å²) in [6.07, 6.45) is 5.94. The molecule has 16 heavy (non-hydrogen) atoms. The van der Waals surface area contributed by atoms with Gasteiger partial charge in [0, 0.05) is 19.0 Å². The minimum atomic E-state index is 0.345. The highest BCUT2D eigenvalue weighted by atomic mass is 16.5. The predicted octanol–water partition coefficient (Wildman–Crippen LogP) is 2.20. The molecule has 0 aliphatic rings. The van der Waals surface area contributed by atoms with E-state index in [0.717, 1.165) is 13.0 Å². The van der Waals surface area contributed by atoms with E-state index in [9.17, 15) is 0 Å². The highest BCUT2D eigenvalue weighted by Crippen LogP contribution is 2.00. The molecule has 0 heterocycles. The van der Waals surface area contributed by atoms with E-state index in [-0.39, 0.29) is 0 Å². The molecule has 0 saturated heterocycles. The quantitative estimate of drug-likeness (QED) is 0.558. The second-order valence-electron chi connectivity index (χ2n) is 3.81. The Morgan fingerprint density at radius 1 is 1.38 bits per heavy atom. The molecule has 1 aromatic rings. The minimum Gasteiger partial charge on any atom is -0.375 e. The number of benzene rings is 1. The molecular weight excluding hydrogens is 198 g/mol. The van der Waals surface area contributed by atoms with Crippen molar-refractivity contribution in [3.8, 4) is 12.3 Å². The Hall–Kier alpha value is -1.30. The molecule has 0 radical (unpaired) electrons. The summed E-state index contributed by atoms with van der Waals surface area (Å²) in [5.74, 6) is 2.60. The van der Waals surface area contributed by atoms with Crippen LogP contribution in [0.3, 0.4) is 0 Å². The molecule has 1 atom stereocenters. The van der Waals surface area contributed by atoms with Gasteiger partial charge in [0.1, 0.15) is 0 Å². The molecule has 0 bridgehead atoms. The molecule has 0 aliphatic heterocycles. The van der Waals surface area contributed by atoms with Crippen molar-refractivity contribution in [2.75, 3.05) is 13.2 Å². The average molecular weight is 217 g/mol. The molecule has 1 aromatic carbocycles. The lowest BCUT2D eigenvalue weighted by Gasteiger charge is -2.13. The van der Waals surface area contributed by atoms with Crippen LogP contribution in [0, 0.1) is 12.3 Å². The maximum Gasteiger partial charge on any atom is 0.0717 e. The summed E-state index contributed by atoms with van der Waals surface area (Å²) in [6, 6.07) is 10.5. The molecule has 1 rings (SSSR count). The molecular formula is C14H19NO. The first-order valence-corrected chi connectivity index (χ1v) is 5.61. The molecule has 0 fully saturated rings. The number of nitrogens with one attached hydrogen (secondary N) is 1. The van der Waals surface area contributed by atoms with Gasteiger partial charge in [0.05, 0.1) is 13.2 Å².